The van der Waals surface area contributed by atoms with Crippen molar-refractivity contribution in [2.24, 2.45) is 0 Å². The molecule has 0 aliphatic carbocycles. The van der Waals surface area contributed by atoms with Gasteiger partial charge in [0.2, 0.25) is 0 Å². The zero-order valence-corrected chi connectivity index (χ0v) is 10.8. The molecule has 2 rings (SSSR count). The van der Waals surface area contributed by atoms with Crippen LogP contribution in [0, 0.1) is 5.82 Å². The molecular formula is C14H12ClFN2O. The summed E-state index contributed by atoms with van der Waals surface area (Å²) in [5.74, 6) is -1.12. The fourth-order valence-corrected chi connectivity index (χ4v) is 1.92. The molecule has 1 heterocycles. The lowest BCUT2D eigenvalue weighted by Gasteiger charge is -2.07. The van der Waals surface area contributed by atoms with Gasteiger partial charge in [-0.25, -0.2) is 4.39 Å². The summed E-state index contributed by atoms with van der Waals surface area (Å²) in [6.45, 7) is 0.410. The van der Waals surface area contributed by atoms with Crippen LogP contribution in [0.3, 0.4) is 0 Å². The van der Waals surface area contributed by atoms with E-state index < -0.39 is 11.7 Å². The average Bonchev–Trinajstić information content (AvgIpc) is 2.40. The van der Waals surface area contributed by atoms with Gasteiger partial charge < -0.3 is 5.32 Å². The maximum atomic E-state index is 13.5. The van der Waals surface area contributed by atoms with Crippen molar-refractivity contribution in [3.63, 3.8) is 0 Å². The van der Waals surface area contributed by atoms with Gasteiger partial charge in [0, 0.05) is 18.9 Å². The fourth-order valence-electron chi connectivity index (χ4n) is 1.67. The van der Waals surface area contributed by atoms with Gasteiger partial charge >= 0.3 is 0 Å². The molecular weight excluding hydrogens is 267 g/mol. The number of amides is 1. The van der Waals surface area contributed by atoms with Gasteiger partial charge in [-0.3, -0.25) is 9.78 Å². The molecule has 1 amide bonds. The number of carbonyl (C=O) groups is 1. The first-order chi connectivity index (χ1) is 9.18. The van der Waals surface area contributed by atoms with Crippen LogP contribution in [0.15, 0.2) is 42.7 Å². The van der Waals surface area contributed by atoms with Crippen molar-refractivity contribution in [1.82, 2.24) is 10.3 Å². The first kappa shape index (κ1) is 13.5. The first-order valence-corrected chi connectivity index (χ1v) is 6.17. The Balaban J connectivity index is 1.95. The molecule has 0 unspecified atom stereocenters. The van der Waals surface area contributed by atoms with Crippen LogP contribution in [0.2, 0.25) is 5.02 Å². The summed E-state index contributed by atoms with van der Waals surface area (Å²) in [6, 6.07) is 7.89. The minimum atomic E-state index is -0.617. The summed E-state index contributed by atoms with van der Waals surface area (Å²) < 4.78 is 13.5. The second kappa shape index (κ2) is 6.29. The number of hydrogen-bond donors (Lipinski definition) is 1. The summed E-state index contributed by atoms with van der Waals surface area (Å²) in [5.41, 5.74) is 0.939. The number of carbonyl (C=O) groups excluding carboxylic acids is 1. The van der Waals surface area contributed by atoms with E-state index in [-0.39, 0.29) is 10.6 Å². The lowest BCUT2D eigenvalue weighted by atomic mass is 10.1. The predicted molar refractivity (Wildman–Crippen MR) is 71.7 cm³/mol. The summed E-state index contributed by atoms with van der Waals surface area (Å²) >= 11 is 5.81. The molecule has 0 aliphatic rings. The smallest absolute Gasteiger partial charge is 0.255 e. The summed E-state index contributed by atoms with van der Waals surface area (Å²) in [7, 11) is 0. The van der Waals surface area contributed by atoms with Gasteiger partial charge in [0.15, 0.2) is 0 Å². The Morgan fingerprint density at radius 3 is 2.68 bits per heavy atom. The summed E-state index contributed by atoms with van der Waals surface area (Å²) in [4.78, 5) is 15.7. The van der Waals surface area contributed by atoms with E-state index in [2.05, 4.69) is 10.3 Å². The SMILES string of the molecule is O=C(NCCc1ccncc1)c1c(F)cccc1Cl. The van der Waals surface area contributed by atoms with Crippen molar-refractivity contribution >= 4 is 17.5 Å². The number of rotatable bonds is 4. The Bertz CT molecular complexity index is 555. The van der Waals surface area contributed by atoms with E-state index in [4.69, 9.17) is 11.6 Å². The molecule has 0 bridgehead atoms. The average molecular weight is 279 g/mol. The van der Waals surface area contributed by atoms with Gasteiger partial charge in [-0.2, -0.15) is 0 Å². The molecule has 1 aromatic heterocycles. The summed E-state index contributed by atoms with van der Waals surface area (Å²) in [6.07, 6.45) is 4.02. The summed E-state index contributed by atoms with van der Waals surface area (Å²) in [5, 5.41) is 2.76. The predicted octanol–water partition coefficient (Wildman–Crippen LogP) is 2.85. The Morgan fingerprint density at radius 2 is 2.00 bits per heavy atom. The van der Waals surface area contributed by atoms with E-state index >= 15 is 0 Å². The van der Waals surface area contributed by atoms with Gasteiger partial charge in [0.25, 0.3) is 5.91 Å². The molecule has 0 fully saturated rings. The fraction of sp³-hybridized carbons (Fsp3) is 0.143. The minimum absolute atomic E-state index is 0.112. The highest BCUT2D eigenvalue weighted by Gasteiger charge is 2.14. The standard InChI is InChI=1S/C14H12ClFN2O/c15-11-2-1-3-12(16)13(11)14(19)18-9-6-10-4-7-17-8-5-10/h1-5,7-8H,6,9H2,(H,18,19). The lowest BCUT2D eigenvalue weighted by molar-refractivity contribution is 0.0950. The van der Waals surface area contributed by atoms with Crippen molar-refractivity contribution in [2.45, 2.75) is 6.42 Å². The Hall–Kier alpha value is -1.94. The molecule has 98 valence electrons. The van der Waals surface area contributed by atoms with Crippen LogP contribution in [-0.4, -0.2) is 17.4 Å². The lowest BCUT2D eigenvalue weighted by Crippen LogP contribution is -2.26. The topological polar surface area (TPSA) is 42.0 Å². The zero-order chi connectivity index (χ0) is 13.7. The highest BCUT2D eigenvalue weighted by atomic mass is 35.5. The van der Waals surface area contributed by atoms with Crippen LogP contribution in [0.4, 0.5) is 4.39 Å². The number of hydrogen-bond acceptors (Lipinski definition) is 2. The Morgan fingerprint density at radius 1 is 1.26 bits per heavy atom. The molecule has 0 saturated carbocycles. The van der Waals surface area contributed by atoms with Crippen LogP contribution in [0.5, 0.6) is 0 Å². The van der Waals surface area contributed by atoms with Gasteiger partial charge in [-0.15, -0.1) is 0 Å². The maximum absolute atomic E-state index is 13.5. The monoisotopic (exact) mass is 278 g/mol. The van der Waals surface area contributed by atoms with Crippen molar-refractivity contribution in [3.05, 3.63) is 64.7 Å². The quantitative estimate of drug-likeness (QED) is 0.934. The molecule has 5 heteroatoms. The highest BCUT2D eigenvalue weighted by Crippen LogP contribution is 2.18. The van der Waals surface area contributed by atoms with E-state index in [1.807, 2.05) is 12.1 Å². The molecule has 0 spiro atoms. The van der Waals surface area contributed by atoms with Crippen LogP contribution >= 0.6 is 11.6 Å². The molecule has 0 aliphatic heterocycles. The third kappa shape index (κ3) is 3.51. The Labute approximate surface area is 115 Å². The Kier molecular flexibility index (Phi) is 4.47. The van der Waals surface area contributed by atoms with E-state index in [9.17, 15) is 9.18 Å². The van der Waals surface area contributed by atoms with Crippen LogP contribution < -0.4 is 5.32 Å². The molecule has 2 aromatic rings. The number of halogens is 2. The maximum Gasteiger partial charge on any atom is 0.255 e. The second-order valence-electron chi connectivity index (χ2n) is 3.96. The van der Waals surface area contributed by atoms with E-state index in [0.29, 0.717) is 13.0 Å². The zero-order valence-electron chi connectivity index (χ0n) is 10.1. The van der Waals surface area contributed by atoms with Crippen LogP contribution in [0.25, 0.3) is 0 Å². The minimum Gasteiger partial charge on any atom is -0.352 e. The van der Waals surface area contributed by atoms with Gasteiger partial charge in [0.05, 0.1) is 10.6 Å². The van der Waals surface area contributed by atoms with Crippen LogP contribution in [-0.2, 0) is 6.42 Å². The van der Waals surface area contributed by atoms with E-state index in [1.165, 1.54) is 18.2 Å². The van der Waals surface area contributed by atoms with E-state index in [1.54, 1.807) is 12.4 Å². The number of nitrogens with zero attached hydrogens (tertiary/aromatic N) is 1. The molecule has 0 radical (unpaired) electrons. The van der Waals surface area contributed by atoms with Crippen molar-refractivity contribution in [1.29, 1.82) is 0 Å². The van der Waals surface area contributed by atoms with Crippen molar-refractivity contribution < 1.29 is 9.18 Å². The van der Waals surface area contributed by atoms with Gasteiger partial charge in [-0.05, 0) is 36.2 Å². The van der Waals surface area contributed by atoms with Crippen molar-refractivity contribution in [3.8, 4) is 0 Å². The molecule has 19 heavy (non-hydrogen) atoms. The third-order valence-corrected chi connectivity index (χ3v) is 2.95. The molecule has 1 N–H and O–H groups in total. The largest absolute Gasteiger partial charge is 0.352 e. The number of pyridine rings is 1. The van der Waals surface area contributed by atoms with Crippen LogP contribution in [0.1, 0.15) is 15.9 Å². The van der Waals surface area contributed by atoms with Gasteiger partial charge in [0.1, 0.15) is 5.82 Å². The highest BCUT2D eigenvalue weighted by molar-refractivity contribution is 6.33. The third-order valence-electron chi connectivity index (χ3n) is 2.64. The number of nitrogens with one attached hydrogen (secondary N) is 1. The molecule has 0 atom stereocenters. The van der Waals surface area contributed by atoms with Crippen molar-refractivity contribution in [2.75, 3.05) is 6.54 Å². The molecule has 0 saturated heterocycles. The number of benzene rings is 1. The molecule has 1 aromatic carbocycles. The molecule has 3 nitrogen and oxygen atoms in total. The van der Waals surface area contributed by atoms with E-state index in [0.717, 1.165) is 5.56 Å². The van der Waals surface area contributed by atoms with Gasteiger partial charge in [-0.1, -0.05) is 17.7 Å². The number of aromatic nitrogens is 1. The second-order valence-corrected chi connectivity index (χ2v) is 4.37. The normalized spacial score (nSPS) is 10.2. The first-order valence-electron chi connectivity index (χ1n) is 5.79.